The number of thioether (sulfide) groups is 1. The van der Waals surface area contributed by atoms with Crippen molar-refractivity contribution in [1.29, 1.82) is 5.26 Å². The second kappa shape index (κ2) is 22.1. The fraction of sp³-hybridized carbons (Fsp3) is 0.156. The Morgan fingerprint density at radius 1 is 0.803 bits per heavy atom. The molecule has 16 heteroatoms. The second-order valence-corrected chi connectivity index (χ2v) is 19.2. The molecule has 2 aromatic heterocycles. The third-order valence-electron chi connectivity index (χ3n) is 8.77. The van der Waals surface area contributed by atoms with E-state index in [4.69, 9.17) is 26.4 Å². The number of para-hydroxylation sites is 1. The van der Waals surface area contributed by atoms with Crippen molar-refractivity contribution in [3.63, 3.8) is 0 Å². The largest absolute Gasteiger partial charge is 0.496 e. The van der Waals surface area contributed by atoms with Gasteiger partial charge in [0.05, 0.1) is 42.0 Å². The van der Waals surface area contributed by atoms with Crippen molar-refractivity contribution in [3.8, 4) is 23.3 Å². The zero-order chi connectivity index (χ0) is 44.4. The number of ketones is 1. The predicted octanol–water partition coefficient (Wildman–Crippen LogP) is 13.1. The molecule has 1 saturated heterocycles. The smallest absolute Gasteiger partial charge is 0.263 e. The Bertz CT molecular complexity index is 2760. The van der Waals surface area contributed by atoms with Crippen LogP contribution in [0.15, 0.2) is 90.4 Å². The van der Waals surface area contributed by atoms with Crippen molar-refractivity contribution in [2.75, 3.05) is 21.3 Å². The molecule has 1 fully saturated rings. The first-order valence-corrected chi connectivity index (χ1v) is 23.3. The number of nitriles is 1. The van der Waals surface area contributed by atoms with Gasteiger partial charge in [0, 0.05) is 41.2 Å². The molecule has 1 N–H and O–H groups in total. The molecule has 0 unspecified atom stereocenters. The van der Waals surface area contributed by atoms with Crippen LogP contribution in [0.2, 0.25) is 0 Å². The highest BCUT2D eigenvalue weighted by molar-refractivity contribution is 9.11. The van der Waals surface area contributed by atoms with Crippen LogP contribution in [0.3, 0.4) is 0 Å². The van der Waals surface area contributed by atoms with Gasteiger partial charge < -0.3 is 19.5 Å². The highest BCUT2D eigenvalue weighted by atomic mass is 79.9. The van der Waals surface area contributed by atoms with Crippen LogP contribution >= 0.6 is 94.4 Å². The highest BCUT2D eigenvalue weighted by Gasteiger charge is 2.22. The average Bonchev–Trinajstić information content (AvgIpc) is 3.97. The van der Waals surface area contributed by atoms with E-state index in [-0.39, 0.29) is 11.7 Å². The summed E-state index contributed by atoms with van der Waals surface area (Å²) in [7, 11) is 4.89. The maximum atomic E-state index is 12.3. The lowest BCUT2D eigenvalue weighted by Crippen LogP contribution is -2.17. The summed E-state index contributed by atoms with van der Waals surface area (Å²) in [4.78, 5) is 33.2. The molecule has 0 bridgehead atoms. The number of carbonyl (C=O) groups is 2. The molecule has 0 saturated carbocycles. The highest BCUT2D eigenvalue weighted by Crippen LogP contribution is 2.33. The van der Waals surface area contributed by atoms with Crippen molar-refractivity contribution in [2.45, 2.75) is 27.7 Å². The summed E-state index contributed by atoms with van der Waals surface area (Å²) in [5.74, 6) is 2.11. The molecule has 0 spiro atoms. The SMILES string of the molecule is COc1cc(/C=C(\C#N)c2nc(C)cs2)cc(Br)c1C.COc1cc(/C=C/C(=O)c2nc3ccccc3s2)cc(Br)c1C.COc1cc(/C=C2\SC(=S)NC2=O)cc(Br)c1C. The standard InChI is InChI=1S/C18H14BrNO2S.C15H13BrN2OS.C12H10BrNO2S2/c1-11-13(19)9-12(10-16(11)22-2)7-8-15(21)18-20-14-5-3-4-6-17(14)23-18;1-9-8-20-15(18-9)12(7-17)4-11-5-13(16)10(2)14(6-11)19-3;1-6-8(13)3-7(4-9(6)16-2)5-10-11(15)14-12(17)18-10/h3-10H,1-2H3;4-6,8H,1-3H3;3-5H,1-2H3,(H,14,15,17)/b8-7+;12-4+;10-5-. The first-order chi connectivity index (χ1) is 29.1. The van der Waals surface area contributed by atoms with Crippen molar-refractivity contribution in [2.24, 2.45) is 0 Å². The van der Waals surface area contributed by atoms with E-state index in [1.54, 1.807) is 39.6 Å². The number of amides is 1. The van der Waals surface area contributed by atoms with Crippen LogP contribution < -0.4 is 19.5 Å². The Kier molecular flexibility index (Phi) is 17.2. The van der Waals surface area contributed by atoms with Crippen LogP contribution in [0.4, 0.5) is 0 Å². The number of thiazole rings is 2. The molecule has 3 heterocycles. The molecular formula is C45H37Br3N4O5S4. The molecule has 0 radical (unpaired) electrons. The fourth-order valence-corrected chi connectivity index (χ4v) is 9.57. The maximum absolute atomic E-state index is 12.3. The van der Waals surface area contributed by atoms with E-state index < -0.39 is 0 Å². The van der Waals surface area contributed by atoms with Crippen LogP contribution in [-0.4, -0.2) is 47.3 Å². The molecule has 1 aliphatic rings. The Hall–Kier alpha value is -4.47. The number of nitrogens with one attached hydrogen (secondary N) is 1. The molecule has 4 aromatic carbocycles. The second-order valence-electron chi connectivity index (χ2n) is 13.0. The zero-order valence-electron chi connectivity index (χ0n) is 33.8. The molecule has 0 aliphatic carbocycles. The number of carbonyl (C=O) groups excluding carboxylic acids is 2. The van der Waals surface area contributed by atoms with E-state index in [1.807, 2.05) is 99.8 Å². The minimum Gasteiger partial charge on any atom is -0.496 e. The summed E-state index contributed by atoms with van der Waals surface area (Å²) >= 11 is 19.6. The molecule has 1 amide bonds. The summed E-state index contributed by atoms with van der Waals surface area (Å²) < 4.78 is 20.3. The monoisotopic (exact) mass is 1080 g/mol. The third kappa shape index (κ3) is 12.6. The van der Waals surface area contributed by atoms with E-state index in [2.05, 4.69) is 69.1 Å². The van der Waals surface area contributed by atoms with Gasteiger partial charge in [-0.15, -0.1) is 22.7 Å². The lowest BCUT2D eigenvalue weighted by molar-refractivity contribution is -0.115. The van der Waals surface area contributed by atoms with Crippen LogP contribution in [0.5, 0.6) is 17.2 Å². The molecule has 7 rings (SSSR count). The maximum Gasteiger partial charge on any atom is 0.263 e. The van der Waals surface area contributed by atoms with Crippen LogP contribution in [0.25, 0.3) is 34.0 Å². The van der Waals surface area contributed by atoms with Gasteiger partial charge in [0.25, 0.3) is 5.91 Å². The van der Waals surface area contributed by atoms with E-state index >= 15 is 0 Å². The number of allylic oxidation sites excluding steroid dienone is 2. The van der Waals surface area contributed by atoms with Gasteiger partial charge in [-0.05, 0) is 111 Å². The summed E-state index contributed by atoms with van der Waals surface area (Å²) in [6.07, 6.45) is 6.95. The summed E-state index contributed by atoms with van der Waals surface area (Å²) in [5, 5.41) is 15.1. The van der Waals surface area contributed by atoms with E-state index in [9.17, 15) is 14.9 Å². The number of halogens is 3. The number of hydrogen-bond donors (Lipinski definition) is 1. The van der Waals surface area contributed by atoms with E-state index in [1.165, 1.54) is 34.4 Å². The number of nitrogens with zero attached hydrogens (tertiary/aromatic N) is 3. The first-order valence-electron chi connectivity index (χ1n) is 18.0. The number of rotatable bonds is 9. The molecule has 312 valence electrons. The van der Waals surface area contributed by atoms with Gasteiger partial charge in [0.2, 0.25) is 5.78 Å². The fourth-order valence-electron chi connectivity index (χ4n) is 5.50. The van der Waals surface area contributed by atoms with Gasteiger partial charge in [-0.2, -0.15) is 5.26 Å². The van der Waals surface area contributed by atoms with Crippen molar-refractivity contribution >= 4 is 144 Å². The molecule has 1 aliphatic heterocycles. The lowest BCUT2D eigenvalue weighted by atomic mass is 10.1. The number of benzene rings is 4. The topological polar surface area (TPSA) is 123 Å². The summed E-state index contributed by atoms with van der Waals surface area (Å²) in [5.41, 5.74) is 8.13. The Morgan fingerprint density at radius 2 is 1.36 bits per heavy atom. The van der Waals surface area contributed by atoms with Crippen molar-refractivity contribution in [1.82, 2.24) is 15.3 Å². The first kappa shape index (κ1) is 47.6. The minimum atomic E-state index is -0.152. The third-order valence-corrected chi connectivity index (χ3v) is 14.4. The number of thiocarbonyl (C=S) groups is 1. The van der Waals surface area contributed by atoms with Crippen LogP contribution in [-0.2, 0) is 4.79 Å². The number of aryl methyl sites for hydroxylation is 1. The molecule has 9 nitrogen and oxygen atoms in total. The molecule has 6 aromatic rings. The van der Waals surface area contributed by atoms with Gasteiger partial charge in [0.15, 0.2) is 5.01 Å². The number of fused-ring (bicyclic) bond motifs is 1. The Balaban J connectivity index is 0.000000175. The number of methoxy groups -OCH3 is 3. The number of aromatic nitrogens is 2. The normalized spacial score (nSPS) is 13.0. The lowest BCUT2D eigenvalue weighted by Gasteiger charge is -2.08. The minimum absolute atomic E-state index is 0.0955. The Labute approximate surface area is 397 Å². The van der Waals surface area contributed by atoms with Crippen LogP contribution in [0.1, 0.15) is 53.9 Å². The molecule has 61 heavy (non-hydrogen) atoms. The van der Waals surface area contributed by atoms with E-state index in [0.29, 0.717) is 19.8 Å². The number of ether oxygens (including phenoxy) is 3. The Morgan fingerprint density at radius 3 is 1.89 bits per heavy atom. The van der Waals surface area contributed by atoms with Gasteiger partial charge in [0.1, 0.15) is 32.6 Å². The van der Waals surface area contributed by atoms with Crippen LogP contribution in [0, 0.1) is 39.0 Å². The van der Waals surface area contributed by atoms with Crippen molar-refractivity contribution < 1.29 is 23.8 Å². The summed E-state index contributed by atoms with van der Waals surface area (Å²) in [6.45, 7) is 7.83. The molecular weight excluding hydrogens is 1040 g/mol. The zero-order valence-corrected chi connectivity index (χ0v) is 41.8. The van der Waals surface area contributed by atoms with Gasteiger partial charge in [-0.25, -0.2) is 9.97 Å². The van der Waals surface area contributed by atoms with Gasteiger partial charge in [-0.3, -0.25) is 9.59 Å². The van der Waals surface area contributed by atoms with Gasteiger partial charge in [-0.1, -0.05) is 90.0 Å². The quantitative estimate of drug-likeness (QED) is 0.0648. The number of hydrogen-bond acceptors (Lipinski definition) is 12. The summed E-state index contributed by atoms with van der Waals surface area (Å²) in [6, 6.07) is 21.5. The molecule has 0 atom stereocenters. The van der Waals surface area contributed by atoms with Crippen molar-refractivity contribution in [3.05, 3.63) is 140 Å². The predicted molar refractivity (Wildman–Crippen MR) is 266 cm³/mol. The van der Waals surface area contributed by atoms with Gasteiger partial charge >= 0.3 is 0 Å². The average molecular weight is 1080 g/mol. The van der Waals surface area contributed by atoms with E-state index in [0.717, 1.165) is 85.0 Å².